The Morgan fingerprint density at radius 2 is 1.56 bits per heavy atom. The number of carbonyl (C=O) groups excluding carboxylic acids is 1. The number of rotatable bonds is 6. The zero-order valence-electron chi connectivity index (χ0n) is 10.8. The Balaban J connectivity index is -0.000000238. The largest absolute Gasteiger partial charge is 1.00 e. The summed E-state index contributed by atoms with van der Waals surface area (Å²) in [4.78, 5) is 19.4. The molecule has 0 spiro atoms. The summed E-state index contributed by atoms with van der Waals surface area (Å²) in [6.45, 7) is 9.37. The van der Waals surface area contributed by atoms with Crippen molar-refractivity contribution in [1.82, 2.24) is 0 Å². The highest BCUT2D eigenvalue weighted by molar-refractivity contribution is 5.92. The van der Waals surface area contributed by atoms with Crippen LogP contribution in [-0.2, 0) is 9.59 Å². The van der Waals surface area contributed by atoms with Crippen molar-refractivity contribution in [3.05, 3.63) is 37.5 Å². The maximum Gasteiger partial charge on any atom is 0.328 e. The van der Waals surface area contributed by atoms with Gasteiger partial charge in [-0.25, -0.2) is 4.79 Å². The predicted octanol–water partition coefficient (Wildman–Crippen LogP) is -2.45. The van der Waals surface area contributed by atoms with Gasteiger partial charge in [0.15, 0.2) is 0 Å². The molecule has 6 heteroatoms. The van der Waals surface area contributed by atoms with Gasteiger partial charge in [0.25, 0.3) is 0 Å². The molecule has 0 aromatic carbocycles. The number of hydrogen-bond donors (Lipinski definition) is 2. The Hall–Kier alpha value is -1.59. The lowest BCUT2D eigenvalue weighted by molar-refractivity contribution is -0.878. The Morgan fingerprint density at radius 1 is 1.17 bits per heavy atom. The number of quaternary nitrogens is 1. The molecule has 0 bridgehead atoms. The molecule has 0 unspecified atom stereocenters. The molecule has 3 N–H and O–H groups in total. The molecule has 0 aromatic heterocycles. The Morgan fingerprint density at radius 3 is 1.72 bits per heavy atom. The van der Waals surface area contributed by atoms with Gasteiger partial charge in [0, 0.05) is 12.2 Å². The van der Waals surface area contributed by atoms with Gasteiger partial charge in [0.05, 0.1) is 27.2 Å². The normalized spacial score (nSPS) is 9.67. The fraction of sp³-hybridized carbons (Fsp3) is 0.333. The third kappa shape index (κ3) is 19.9. The minimum absolute atomic E-state index is 0. The van der Waals surface area contributed by atoms with Crippen molar-refractivity contribution in [2.45, 2.75) is 0 Å². The van der Waals surface area contributed by atoms with Gasteiger partial charge in [-0.2, -0.15) is 0 Å². The van der Waals surface area contributed by atoms with E-state index in [9.17, 15) is 9.59 Å². The number of nitrogens with zero attached hydrogens (tertiary/aromatic N) is 1. The minimum Gasteiger partial charge on any atom is -1.00 e. The molecule has 104 valence electrons. The van der Waals surface area contributed by atoms with Crippen molar-refractivity contribution in [2.24, 2.45) is 5.73 Å². The molecule has 0 aliphatic heterocycles. The van der Waals surface area contributed by atoms with Crippen LogP contribution in [0.15, 0.2) is 37.5 Å². The molecule has 5 nitrogen and oxygen atoms in total. The van der Waals surface area contributed by atoms with Crippen LogP contribution < -0.4 is 18.1 Å². The number of carbonyl (C=O) groups is 2. The quantitative estimate of drug-likeness (QED) is 0.321. The molecular formula is C12H21ClN2O3. The van der Waals surface area contributed by atoms with Gasteiger partial charge in [-0.1, -0.05) is 13.2 Å². The molecule has 0 atom stereocenters. The van der Waals surface area contributed by atoms with Gasteiger partial charge in [0.2, 0.25) is 5.91 Å². The molecule has 0 aromatic rings. The number of halogens is 1. The molecule has 18 heavy (non-hydrogen) atoms. The highest BCUT2D eigenvalue weighted by Gasteiger charge is 2.07. The zero-order chi connectivity index (χ0) is 13.9. The van der Waals surface area contributed by atoms with Crippen molar-refractivity contribution >= 4 is 11.9 Å². The van der Waals surface area contributed by atoms with Gasteiger partial charge in [-0.15, -0.1) is 0 Å². The number of carboxylic acid groups (broad SMARTS) is 1. The maximum atomic E-state index is 9.78. The van der Waals surface area contributed by atoms with E-state index in [1.54, 1.807) is 0 Å². The van der Waals surface area contributed by atoms with E-state index in [0.29, 0.717) is 6.08 Å². The molecule has 0 fully saturated rings. The van der Waals surface area contributed by atoms with Crippen LogP contribution in [0, 0.1) is 0 Å². The fourth-order valence-corrected chi connectivity index (χ4v) is 0.927. The summed E-state index contributed by atoms with van der Waals surface area (Å²) >= 11 is 0. The first-order valence-electron chi connectivity index (χ1n) is 4.99. The summed E-state index contributed by atoms with van der Waals surface area (Å²) in [5, 5.41) is 7.87. The molecule has 0 aliphatic rings. The van der Waals surface area contributed by atoms with Crippen molar-refractivity contribution in [3.8, 4) is 0 Å². The molecule has 0 rings (SSSR count). The standard InChI is InChI=1S/C8H16N.C4H5NO3.ClH/c1-5-7-9(3,4)8-6-2;5-3(6)1-2-4(7)8;/h5-6H,1-2,7-8H2,3-4H3;1-2H,(H2,5,6)(H,7,8);1H/q+1;;/p-1. The van der Waals surface area contributed by atoms with E-state index in [1.165, 1.54) is 0 Å². The van der Waals surface area contributed by atoms with E-state index in [2.05, 4.69) is 33.0 Å². The van der Waals surface area contributed by atoms with Gasteiger partial charge >= 0.3 is 5.97 Å². The second kappa shape index (κ2) is 11.9. The summed E-state index contributed by atoms with van der Waals surface area (Å²) in [5.74, 6) is -1.93. The molecule has 0 heterocycles. The van der Waals surface area contributed by atoms with Crippen LogP contribution in [0.3, 0.4) is 0 Å². The molecule has 0 aliphatic carbocycles. The van der Waals surface area contributed by atoms with Crippen LogP contribution in [0.1, 0.15) is 0 Å². The van der Waals surface area contributed by atoms with Crippen LogP contribution in [0.2, 0.25) is 0 Å². The van der Waals surface area contributed by atoms with Gasteiger partial charge in [-0.3, -0.25) is 4.79 Å². The average Bonchev–Trinajstić information content (AvgIpc) is 2.15. The fourth-order valence-electron chi connectivity index (χ4n) is 0.927. The topological polar surface area (TPSA) is 80.4 Å². The lowest BCUT2D eigenvalue weighted by atomic mass is 10.4. The molecule has 0 saturated carbocycles. The zero-order valence-corrected chi connectivity index (χ0v) is 11.6. The summed E-state index contributed by atoms with van der Waals surface area (Å²) in [5.41, 5.74) is 4.55. The first-order chi connectivity index (χ1) is 7.75. The Labute approximate surface area is 114 Å². The van der Waals surface area contributed by atoms with Crippen LogP contribution >= 0.6 is 0 Å². The number of nitrogens with two attached hydrogens (primary N) is 1. The van der Waals surface area contributed by atoms with Gasteiger partial charge < -0.3 is 27.7 Å². The minimum atomic E-state index is -1.18. The lowest BCUT2D eigenvalue weighted by Crippen LogP contribution is -3.00. The molecule has 0 saturated heterocycles. The summed E-state index contributed by atoms with van der Waals surface area (Å²) in [7, 11) is 4.31. The number of amides is 1. The number of primary amides is 1. The number of aliphatic carboxylic acids is 1. The first kappa shape index (κ1) is 21.7. The van der Waals surface area contributed by atoms with Crippen LogP contribution in [0.4, 0.5) is 0 Å². The average molecular weight is 277 g/mol. The molecule has 0 radical (unpaired) electrons. The Kier molecular flexibility index (Phi) is 14.3. The highest BCUT2D eigenvalue weighted by atomic mass is 35.5. The van der Waals surface area contributed by atoms with Crippen molar-refractivity contribution in [3.63, 3.8) is 0 Å². The highest BCUT2D eigenvalue weighted by Crippen LogP contribution is 1.95. The van der Waals surface area contributed by atoms with Crippen LogP contribution in [0.5, 0.6) is 0 Å². The Bertz CT molecular complexity index is 284. The number of carboxylic acids is 1. The number of likely N-dealkylation sites (N-methyl/N-ethyl adjacent to an activating group) is 1. The van der Waals surface area contributed by atoms with Gasteiger partial charge in [0.1, 0.15) is 0 Å². The second-order valence-corrected chi connectivity index (χ2v) is 3.95. The second-order valence-electron chi connectivity index (χ2n) is 3.95. The van der Waals surface area contributed by atoms with E-state index < -0.39 is 11.9 Å². The third-order valence-electron chi connectivity index (χ3n) is 1.64. The summed E-state index contributed by atoms with van der Waals surface area (Å²) in [6.07, 6.45) is 5.33. The maximum absolute atomic E-state index is 9.78. The van der Waals surface area contributed by atoms with Gasteiger partial charge in [-0.05, 0) is 12.2 Å². The first-order valence-corrected chi connectivity index (χ1v) is 4.99. The van der Waals surface area contributed by atoms with E-state index >= 15 is 0 Å². The van der Waals surface area contributed by atoms with Crippen LogP contribution in [-0.4, -0.2) is 48.7 Å². The molecule has 1 amide bonds. The van der Waals surface area contributed by atoms with Crippen molar-refractivity contribution in [2.75, 3.05) is 27.2 Å². The van der Waals surface area contributed by atoms with E-state index in [-0.39, 0.29) is 12.4 Å². The number of hydrogen-bond acceptors (Lipinski definition) is 2. The predicted molar refractivity (Wildman–Crippen MR) is 68.2 cm³/mol. The third-order valence-corrected chi connectivity index (χ3v) is 1.64. The monoisotopic (exact) mass is 276 g/mol. The van der Waals surface area contributed by atoms with Crippen molar-refractivity contribution < 1.29 is 31.6 Å². The summed E-state index contributed by atoms with van der Waals surface area (Å²) in [6, 6.07) is 0. The summed E-state index contributed by atoms with van der Waals surface area (Å²) < 4.78 is 0.951. The van der Waals surface area contributed by atoms with Crippen LogP contribution in [0.25, 0.3) is 0 Å². The van der Waals surface area contributed by atoms with E-state index in [4.69, 9.17) is 5.11 Å². The van der Waals surface area contributed by atoms with E-state index in [0.717, 1.165) is 23.6 Å². The van der Waals surface area contributed by atoms with E-state index in [1.807, 2.05) is 12.2 Å². The molecular weight excluding hydrogens is 256 g/mol. The smallest absolute Gasteiger partial charge is 0.328 e. The lowest BCUT2D eigenvalue weighted by Gasteiger charge is -2.26. The van der Waals surface area contributed by atoms with Crippen molar-refractivity contribution in [1.29, 1.82) is 0 Å². The SMILES string of the molecule is C=CC[N+](C)(C)CC=C.NC(=O)C=CC(=O)O.[Cl-].